The molecule has 2 aromatic rings. The molecule has 0 radical (unpaired) electrons. The first-order valence-electron chi connectivity index (χ1n) is 4.84. The van der Waals surface area contributed by atoms with Crippen LogP contribution in [0.5, 0.6) is 0 Å². The molecule has 0 aromatic carbocycles. The van der Waals surface area contributed by atoms with Gasteiger partial charge in [-0.25, -0.2) is 9.61 Å². The smallest absolute Gasteiger partial charge is 0.270 e. The van der Waals surface area contributed by atoms with Crippen molar-refractivity contribution in [2.75, 3.05) is 0 Å². The van der Waals surface area contributed by atoms with E-state index in [2.05, 4.69) is 25.2 Å². The lowest BCUT2D eigenvalue weighted by Crippen LogP contribution is -2.24. The van der Waals surface area contributed by atoms with Crippen molar-refractivity contribution in [1.29, 1.82) is 0 Å². The van der Waals surface area contributed by atoms with E-state index >= 15 is 0 Å². The molecule has 0 fully saturated rings. The topological polar surface area (TPSA) is 80.9 Å². The van der Waals surface area contributed by atoms with Crippen LogP contribution < -0.4 is 5.32 Å². The van der Waals surface area contributed by atoms with E-state index in [4.69, 9.17) is 11.6 Å². The highest BCUT2D eigenvalue weighted by Crippen LogP contribution is 2.06. The fourth-order valence-corrected chi connectivity index (χ4v) is 1.29. The number of nitrogens with one attached hydrogen (secondary N) is 1. The molecule has 0 aliphatic heterocycles. The van der Waals surface area contributed by atoms with Gasteiger partial charge in [-0.1, -0.05) is 21.9 Å². The summed E-state index contributed by atoms with van der Waals surface area (Å²) in [7, 11) is 0. The second kappa shape index (κ2) is 4.92. The van der Waals surface area contributed by atoms with Gasteiger partial charge in [-0.2, -0.15) is 0 Å². The Morgan fingerprint density at radius 1 is 1.47 bits per heavy atom. The summed E-state index contributed by atoms with van der Waals surface area (Å²) in [6.45, 7) is 2.00. The molecule has 6 nitrogen and oxygen atoms in total. The van der Waals surface area contributed by atoms with E-state index in [9.17, 15) is 4.79 Å². The molecule has 7 heteroatoms. The minimum Gasteiger partial charge on any atom is -0.345 e. The van der Waals surface area contributed by atoms with Crippen molar-refractivity contribution in [3.8, 4) is 0 Å². The third-order valence-electron chi connectivity index (χ3n) is 2.12. The molecule has 1 amide bonds. The summed E-state index contributed by atoms with van der Waals surface area (Å²) >= 11 is 5.67. The molecular formula is C10H9ClN4O2. The van der Waals surface area contributed by atoms with Crippen LogP contribution in [0.2, 0.25) is 5.02 Å². The van der Waals surface area contributed by atoms with Crippen molar-refractivity contribution < 1.29 is 9.42 Å². The highest BCUT2D eigenvalue weighted by molar-refractivity contribution is 6.30. The van der Waals surface area contributed by atoms with Gasteiger partial charge in [0.05, 0.1) is 11.6 Å². The fourth-order valence-electron chi connectivity index (χ4n) is 1.17. The zero-order valence-electron chi connectivity index (χ0n) is 8.98. The third-order valence-corrected chi connectivity index (χ3v) is 2.35. The van der Waals surface area contributed by atoms with Crippen LogP contribution in [0.3, 0.4) is 0 Å². The first-order chi connectivity index (χ1) is 8.16. The molecule has 88 valence electrons. The second-order valence-corrected chi connectivity index (χ2v) is 3.78. The maximum atomic E-state index is 11.7. The molecule has 0 bridgehead atoms. The van der Waals surface area contributed by atoms with Crippen LogP contribution in [0.25, 0.3) is 0 Å². The average molecular weight is 253 g/mol. The van der Waals surface area contributed by atoms with E-state index in [0.29, 0.717) is 22.1 Å². The lowest BCUT2D eigenvalue weighted by atomic mass is 10.3. The number of carbonyl (C=O) groups is 1. The predicted octanol–water partition coefficient (Wildman–Crippen LogP) is 1.36. The van der Waals surface area contributed by atoms with Gasteiger partial charge in [-0.3, -0.25) is 4.79 Å². The molecule has 0 aliphatic rings. The molecule has 0 saturated heterocycles. The molecule has 0 spiro atoms. The number of rotatable bonds is 3. The molecule has 0 aliphatic carbocycles. The van der Waals surface area contributed by atoms with Crippen LogP contribution in [-0.4, -0.2) is 21.2 Å². The van der Waals surface area contributed by atoms with Crippen molar-refractivity contribution in [3.63, 3.8) is 0 Å². The predicted molar refractivity (Wildman–Crippen MR) is 59.5 cm³/mol. The van der Waals surface area contributed by atoms with E-state index in [0.717, 1.165) is 0 Å². The summed E-state index contributed by atoms with van der Waals surface area (Å²) in [4.78, 5) is 15.6. The van der Waals surface area contributed by atoms with Gasteiger partial charge in [0, 0.05) is 6.20 Å². The van der Waals surface area contributed by atoms with Crippen LogP contribution in [0.4, 0.5) is 0 Å². The number of hydrogen-bond acceptors (Lipinski definition) is 5. The van der Waals surface area contributed by atoms with Gasteiger partial charge >= 0.3 is 0 Å². The maximum Gasteiger partial charge on any atom is 0.270 e. The quantitative estimate of drug-likeness (QED) is 0.892. The van der Waals surface area contributed by atoms with E-state index < -0.39 is 0 Å². The highest BCUT2D eigenvalue weighted by Gasteiger charge is 2.09. The number of amides is 1. The van der Waals surface area contributed by atoms with Crippen molar-refractivity contribution in [3.05, 3.63) is 40.4 Å². The van der Waals surface area contributed by atoms with Crippen molar-refractivity contribution in [2.24, 2.45) is 0 Å². The van der Waals surface area contributed by atoms with E-state index in [1.807, 2.05) is 0 Å². The summed E-state index contributed by atoms with van der Waals surface area (Å²) < 4.78 is 4.51. The molecule has 0 saturated carbocycles. The van der Waals surface area contributed by atoms with Gasteiger partial charge < -0.3 is 5.32 Å². The fraction of sp³-hybridized carbons (Fsp3) is 0.200. The van der Waals surface area contributed by atoms with Crippen LogP contribution in [0.15, 0.2) is 23.0 Å². The van der Waals surface area contributed by atoms with E-state index in [-0.39, 0.29) is 12.5 Å². The Labute approximate surface area is 102 Å². The van der Waals surface area contributed by atoms with Crippen LogP contribution in [0, 0.1) is 6.92 Å². The zero-order chi connectivity index (χ0) is 12.3. The number of aromatic nitrogens is 3. The van der Waals surface area contributed by atoms with Crippen molar-refractivity contribution in [1.82, 2.24) is 20.6 Å². The number of halogens is 1. The minimum absolute atomic E-state index is 0.248. The summed E-state index contributed by atoms with van der Waals surface area (Å²) in [6.07, 6.45) is 1.42. The Kier molecular flexibility index (Phi) is 3.34. The number of nitrogens with zero attached hydrogens (tertiary/aromatic N) is 3. The van der Waals surface area contributed by atoms with Gasteiger partial charge in [0.25, 0.3) is 5.91 Å². The van der Waals surface area contributed by atoms with E-state index in [1.54, 1.807) is 19.1 Å². The molecule has 17 heavy (non-hydrogen) atoms. The Morgan fingerprint density at radius 3 is 2.88 bits per heavy atom. The van der Waals surface area contributed by atoms with Crippen molar-refractivity contribution in [2.45, 2.75) is 13.5 Å². The monoisotopic (exact) mass is 252 g/mol. The summed E-state index contributed by atoms with van der Waals surface area (Å²) in [5, 5.41) is 10.4. The first-order valence-corrected chi connectivity index (χ1v) is 5.22. The van der Waals surface area contributed by atoms with Crippen LogP contribution in [-0.2, 0) is 6.54 Å². The lowest BCUT2D eigenvalue weighted by Gasteiger charge is -2.02. The minimum atomic E-state index is -0.302. The summed E-state index contributed by atoms with van der Waals surface area (Å²) in [5.41, 5.74) is 1.53. The second-order valence-electron chi connectivity index (χ2n) is 3.34. The number of carbonyl (C=O) groups excluding carboxylic acids is 1. The van der Waals surface area contributed by atoms with Crippen LogP contribution >= 0.6 is 11.6 Å². The Balaban J connectivity index is 1.98. The molecule has 1 N–H and O–H groups in total. The maximum absolute atomic E-state index is 11.7. The highest BCUT2D eigenvalue weighted by atomic mass is 35.5. The zero-order valence-corrected chi connectivity index (χ0v) is 9.73. The Morgan fingerprint density at radius 2 is 2.29 bits per heavy atom. The van der Waals surface area contributed by atoms with Gasteiger partial charge in [0.15, 0.2) is 0 Å². The molecule has 2 aromatic heterocycles. The SMILES string of the molecule is Cc1nonc1CNC(=O)c1ccc(Cl)cn1. The normalized spacial score (nSPS) is 10.2. The van der Waals surface area contributed by atoms with Gasteiger partial charge in [0.2, 0.25) is 0 Å². The number of aryl methyl sites for hydroxylation is 1. The standard InChI is InChI=1S/C10H9ClN4O2/c1-6-9(15-17-14-6)5-13-10(16)8-3-2-7(11)4-12-8/h2-4H,5H2,1H3,(H,13,16). The molecule has 0 atom stereocenters. The largest absolute Gasteiger partial charge is 0.345 e. The van der Waals surface area contributed by atoms with E-state index in [1.165, 1.54) is 6.20 Å². The molecular weight excluding hydrogens is 244 g/mol. The van der Waals surface area contributed by atoms with Crippen LogP contribution in [0.1, 0.15) is 21.9 Å². The number of pyridine rings is 1. The van der Waals surface area contributed by atoms with Gasteiger partial charge in [-0.05, 0) is 19.1 Å². The average Bonchev–Trinajstić information content (AvgIpc) is 2.73. The Hall–Kier alpha value is -1.95. The number of hydrogen-bond donors (Lipinski definition) is 1. The summed E-state index contributed by atoms with van der Waals surface area (Å²) in [6, 6.07) is 3.15. The third kappa shape index (κ3) is 2.79. The molecule has 2 rings (SSSR count). The lowest BCUT2D eigenvalue weighted by molar-refractivity contribution is 0.0945. The molecule has 0 unspecified atom stereocenters. The summed E-state index contributed by atoms with van der Waals surface area (Å²) in [5.74, 6) is -0.302. The first kappa shape index (κ1) is 11.5. The Bertz CT molecular complexity index is 523. The van der Waals surface area contributed by atoms with Crippen molar-refractivity contribution >= 4 is 17.5 Å². The van der Waals surface area contributed by atoms with Gasteiger partial charge in [0.1, 0.15) is 17.1 Å². The van der Waals surface area contributed by atoms with Gasteiger partial charge in [-0.15, -0.1) is 0 Å². The molecule has 2 heterocycles.